The van der Waals surface area contributed by atoms with E-state index in [0.29, 0.717) is 0 Å². The molecule has 1 unspecified atom stereocenters. The Hall–Kier alpha value is -1.03. The fourth-order valence-electron chi connectivity index (χ4n) is 1.84. The van der Waals surface area contributed by atoms with E-state index in [1.165, 1.54) is 0 Å². The summed E-state index contributed by atoms with van der Waals surface area (Å²) in [6, 6.07) is -0.0196. The molecule has 0 bridgehead atoms. The maximum atomic E-state index is 11.7. The molecular formula is C13H24N2O2. The molecule has 1 aliphatic rings. The fraction of sp³-hybridized carbons (Fsp3) is 0.769. The lowest BCUT2D eigenvalue weighted by molar-refractivity contribution is 0.0493. The monoisotopic (exact) mass is 240 g/mol. The summed E-state index contributed by atoms with van der Waals surface area (Å²) >= 11 is 0. The second kappa shape index (κ2) is 6.05. The van der Waals surface area contributed by atoms with E-state index in [4.69, 9.17) is 10.5 Å². The molecule has 0 aliphatic heterocycles. The van der Waals surface area contributed by atoms with Gasteiger partial charge in [-0.05, 0) is 46.5 Å². The number of amides is 1. The van der Waals surface area contributed by atoms with Gasteiger partial charge in [-0.25, -0.2) is 4.79 Å². The van der Waals surface area contributed by atoms with Crippen LogP contribution >= 0.6 is 0 Å². The standard InChI is InChI=1S/C13H24N2O2/c1-13(2,3)17-12(16)15-11-9-7-5-4-6-8-10(11)14/h4,6,10-11H,5,7-9,14H2,1-3H3,(H,15,16)/b6-4+/t10-,11?/m0/s1. The molecule has 4 nitrogen and oxygen atoms in total. The summed E-state index contributed by atoms with van der Waals surface area (Å²) in [5, 5.41) is 2.87. The summed E-state index contributed by atoms with van der Waals surface area (Å²) in [4.78, 5) is 11.7. The van der Waals surface area contributed by atoms with Crippen LogP contribution in [-0.2, 0) is 4.74 Å². The second-order valence-electron chi connectivity index (χ2n) is 5.55. The van der Waals surface area contributed by atoms with Crippen LogP contribution < -0.4 is 11.1 Å². The maximum Gasteiger partial charge on any atom is 0.407 e. The van der Waals surface area contributed by atoms with Crippen LogP contribution in [0.15, 0.2) is 12.2 Å². The van der Waals surface area contributed by atoms with Crippen molar-refractivity contribution < 1.29 is 9.53 Å². The largest absolute Gasteiger partial charge is 0.444 e. The van der Waals surface area contributed by atoms with Gasteiger partial charge in [0.05, 0.1) is 0 Å². The van der Waals surface area contributed by atoms with Crippen molar-refractivity contribution in [1.29, 1.82) is 0 Å². The Labute approximate surface area is 104 Å². The molecule has 4 heteroatoms. The number of nitrogens with one attached hydrogen (secondary N) is 1. The quantitative estimate of drug-likeness (QED) is 0.691. The number of hydrogen-bond donors (Lipinski definition) is 2. The number of rotatable bonds is 1. The molecule has 2 atom stereocenters. The van der Waals surface area contributed by atoms with Gasteiger partial charge in [0.1, 0.15) is 5.60 Å². The van der Waals surface area contributed by atoms with E-state index in [2.05, 4.69) is 17.5 Å². The highest BCUT2D eigenvalue weighted by Gasteiger charge is 2.23. The zero-order valence-corrected chi connectivity index (χ0v) is 11.0. The summed E-state index contributed by atoms with van der Waals surface area (Å²) in [5.74, 6) is 0. The van der Waals surface area contributed by atoms with Gasteiger partial charge in [0, 0.05) is 12.1 Å². The smallest absolute Gasteiger partial charge is 0.407 e. The molecule has 0 aromatic carbocycles. The third-order valence-electron chi connectivity index (χ3n) is 2.68. The van der Waals surface area contributed by atoms with E-state index in [0.717, 1.165) is 25.7 Å². The second-order valence-corrected chi connectivity index (χ2v) is 5.55. The summed E-state index contributed by atoms with van der Waals surface area (Å²) in [5.41, 5.74) is 5.58. The van der Waals surface area contributed by atoms with Gasteiger partial charge in [0.2, 0.25) is 0 Å². The van der Waals surface area contributed by atoms with Gasteiger partial charge in [-0.15, -0.1) is 0 Å². The molecule has 17 heavy (non-hydrogen) atoms. The van der Waals surface area contributed by atoms with E-state index < -0.39 is 5.60 Å². The Morgan fingerprint density at radius 2 is 2.12 bits per heavy atom. The minimum Gasteiger partial charge on any atom is -0.444 e. The predicted molar refractivity (Wildman–Crippen MR) is 68.7 cm³/mol. The van der Waals surface area contributed by atoms with Crippen LogP contribution in [0.2, 0.25) is 0 Å². The molecule has 1 aliphatic carbocycles. The van der Waals surface area contributed by atoms with Crippen molar-refractivity contribution >= 4 is 6.09 Å². The van der Waals surface area contributed by atoms with Gasteiger partial charge >= 0.3 is 6.09 Å². The first-order valence-electron chi connectivity index (χ1n) is 6.28. The molecule has 0 radical (unpaired) electrons. The number of allylic oxidation sites excluding steroid dienone is 1. The molecule has 1 amide bonds. The maximum absolute atomic E-state index is 11.7. The predicted octanol–water partition coefficient (Wildman–Crippen LogP) is 2.34. The van der Waals surface area contributed by atoms with E-state index in [-0.39, 0.29) is 18.2 Å². The van der Waals surface area contributed by atoms with Crippen LogP contribution in [-0.4, -0.2) is 23.8 Å². The number of ether oxygens (including phenoxy) is 1. The Balaban J connectivity index is 2.48. The number of alkyl carbamates (subject to hydrolysis) is 1. The fourth-order valence-corrected chi connectivity index (χ4v) is 1.84. The zero-order valence-electron chi connectivity index (χ0n) is 11.0. The van der Waals surface area contributed by atoms with Gasteiger partial charge in [-0.3, -0.25) is 0 Å². The van der Waals surface area contributed by atoms with E-state index in [1.54, 1.807) is 0 Å². The van der Waals surface area contributed by atoms with Crippen LogP contribution in [0.25, 0.3) is 0 Å². The Morgan fingerprint density at radius 1 is 1.41 bits per heavy atom. The van der Waals surface area contributed by atoms with E-state index in [1.807, 2.05) is 20.8 Å². The normalized spacial score (nSPS) is 27.8. The Morgan fingerprint density at radius 3 is 2.76 bits per heavy atom. The minimum atomic E-state index is -0.463. The molecule has 98 valence electrons. The molecule has 0 saturated carbocycles. The van der Waals surface area contributed by atoms with Gasteiger partial charge in [0.15, 0.2) is 0 Å². The first-order valence-corrected chi connectivity index (χ1v) is 6.28. The van der Waals surface area contributed by atoms with Crippen molar-refractivity contribution in [1.82, 2.24) is 5.32 Å². The molecule has 0 aromatic heterocycles. The highest BCUT2D eigenvalue weighted by molar-refractivity contribution is 5.68. The highest BCUT2D eigenvalue weighted by Crippen LogP contribution is 2.13. The molecule has 0 heterocycles. The van der Waals surface area contributed by atoms with Crippen LogP contribution in [0.4, 0.5) is 4.79 Å². The van der Waals surface area contributed by atoms with Crippen LogP contribution in [0.5, 0.6) is 0 Å². The van der Waals surface area contributed by atoms with Crippen LogP contribution in [0.3, 0.4) is 0 Å². The number of carbonyl (C=O) groups is 1. The van der Waals surface area contributed by atoms with Crippen molar-refractivity contribution in [3.63, 3.8) is 0 Å². The summed E-state index contributed by atoms with van der Waals surface area (Å²) in [7, 11) is 0. The molecule has 0 spiro atoms. The van der Waals surface area contributed by atoms with Gasteiger partial charge in [-0.2, -0.15) is 0 Å². The first-order chi connectivity index (χ1) is 7.88. The molecule has 0 fully saturated rings. The van der Waals surface area contributed by atoms with Crippen molar-refractivity contribution in [2.45, 2.75) is 64.1 Å². The van der Waals surface area contributed by atoms with Gasteiger partial charge < -0.3 is 15.8 Å². The molecule has 1 rings (SSSR count). The third kappa shape index (κ3) is 5.73. The summed E-state index contributed by atoms with van der Waals surface area (Å²) in [6.07, 6.45) is 7.69. The number of nitrogens with two attached hydrogens (primary N) is 1. The lowest BCUT2D eigenvalue weighted by Gasteiger charge is -2.27. The zero-order chi connectivity index (χ0) is 12.9. The molecule has 0 saturated heterocycles. The lowest BCUT2D eigenvalue weighted by Crippen LogP contribution is -2.49. The number of hydrogen-bond acceptors (Lipinski definition) is 3. The topological polar surface area (TPSA) is 64.3 Å². The van der Waals surface area contributed by atoms with Crippen LogP contribution in [0.1, 0.15) is 46.5 Å². The third-order valence-corrected chi connectivity index (χ3v) is 2.68. The van der Waals surface area contributed by atoms with E-state index in [9.17, 15) is 4.79 Å². The van der Waals surface area contributed by atoms with Crippen molar-refractivity contribution in [2.24, 2.45) is 5.73 Å². The average Bonchev–Trinajstić information content (AvgIpc) is 2.15. The first kappa shape index (κ1) is 14.0. The Kier molecular flexibility index (Phi) is 5.00. The summed E-state index contributed by atoms with van der Waals surface area (Å²) in [6.45, 7) is 5.56. The lowest BCUT2D eigenvalue weighted by atomic mass is 9.97. The average molecular weight is 240 g/mol. The molecule has 0 aromatic rings. The Bertz CT molecular complexity index is 282. The van der Waals surface area contributed by atoms with Gasteiger partial charge in [-0.1, -0.05) is 12.2 Å². The van der Waals surface area contributed by atoms with Crippen molar-refractivity contribution in [2.75, 3.05) is 0 Å². The minimum absolute atomic E-state index is 0.00907. The molecular weight excluding hydrogens is 216 g/mol. The highest BCUT2D eigenvalue weighted by atomic mass is 16.6. The van der Waals surface area contributed by atoms with E-state index >= 15 is 0 Å². The van der Waals surface area contributed by atoms with Crippen molar-refractivity contribution in [3.05, 3.63) is 12.2 Å². The van der Waals surface area contributed by atoms with Gasteiger partial charge in [0.25, 0.3) is 0 Å². The van der Waals surface area contributed by atoms with Crippen molar-refractivity contribution in [3.8, 4) is 0 Å². The number of carbonyl (C=O) groups excluding carboxylic acids is 1. The summed E-state index contributed by atoms with van der Waals surface area (Å²) < 4.78 is 5.24. The molecule has 3 N–H and O–H groups in total. The van der Waals surface area contributed by atoms with Crippen LogP contribution in [0, 0.1) is 0 Å². The SMILES string of the molecule is CC(C)(C)OC(=O)NC1CCC/C=C/C[C@@H]1N.